The average Bonchev–Trinajstić information content (AvgIpc) is 3.29. The number of nitrogens with one attached hydrogen (secondary N) is 1. The maximum atomic E-state index is 14.0. The lowest BCUT2D eigenvalue weighted by Crippen LogP contribution is -2.46. The van der Waals surface area contributed by atoms with Crippen molar-refractivity contribution in [2.45, 2.75) is 19.5 Å². The fraction of sp³-hybridized carbons (Fsp3) is 0.259. The molecule has 1 heterocycles. The Bertz CT molecular complexity index is 1350. The lowest BCUT2D eigenvalue weighted by atomic mass is 10.0. The number of rotatable bonds is 10. The summed E-state index contributed by atoms with van der Waals surface area (Å²) in [6, 6.07) is 21.1. The Hall–Kier alpha value is -4.24. The number of carbonyl (C=O) groups is 2. The van der Waals surface area contributed by atoms with Crippen molar-refractivity contribution in [3.63, 3.8) is 0 Å². The zero-order valence-electron chi connectivity index (χ0n) is 20.5. The Kier molecular flexibility index (Phi) is 7.92. The second kappa shape index (κ2) is 11.5. The molecule has 2 amide bonds. The van der Waals surface area contributed by atoms with E-state index in [0.717, 1.165) is 11.1 Å². The summed E-state index contributed by atoms with van der Waals surface area (Å²) < 4.78 is 12.1. The highest BCUT2D eigenvalue weighted by atomic mass is 16.5. The third-order valence-electron chi connectivity index (χ3n) is 5.78. The van der Waals surface area contributed by atoms with Gasteiger partial charge in [-0.05, 0) is 54.4 Å². The SMILES string of the molecule is COCCNC(=O)[C@@H](c1cccc(OC)c1)N(C(=O)Cn1nnc2ccccc21)c1cccc(C)c1. The summed E-state index contributed by atoms with van der Waals surface area (Å²) in [7, 11) is 3.13. The highest BCUT2D eigenvalue weighted by molar-refractivity contribution is 6.01. The number of hydrogen-bond donors (Lipinski definition) is 1. The van der Waals surface area contributed by atoms with Gasteiger partial charge in [-0.15, -0.1) is 5.10 Å². The number of aromatic nitrogens is 3. The fourth-order valence-corrected chi connectivity index (χ4v) is 4.06. The minimum Gasteiger partial charge on any atom is -0.497 e. The molecule has 9 nitrogen and oxygen atoms in total. The number of hydrogen-bond acceptors (Lipinski definition) is 6. The van der Waals surface area contributed by atoms with Crippen LogP contribution in [0.2, 0.25) is 0 Å². The van der Waals surface area contributed by atoms with Crippen LogP contribution in [0, 0.1) is 6.92 Å². The fourth-order valence-electron chi connectivity index (χ4n) is 4.06. The van der Waals surface area contributed by atoms with Crippen molar-refractivity contribution in [1.29, 1.82) is 0 Å². The molecule has 0 saturated carbocycles. The van der Waals surface area contributed by atoms with Crippen LogP contribution in [0.3, 0.4) is 0 Å². The van der Waals surface area contributed by atoms with Crippen molar-refractivity contribution in [2.75, 3.05) is 32.3 Å². The molecule has 186 valence electrons. The van der Waals surface area contributed by atoms with Crippen molar-refractivity contribution in [3.8, 4) is 5.75 Å². The molecule has 36 heavy (non-hydrogen) atoms. The van der Waals surface area contributed by atoms with Crippen LogP contribution in [0.25, 0.3) is 11.0 Å². The Morgan fingerprint density at radius 3 is 2.61 bits per heavy atom. The lowest BCUT2D eigenvalue weighted by molar-refractivity contribution is -0.127. The molecule has 4 aromatic rings. The third-order valence-corrected chi connectivity index (χ3v) is 5.78. The highest BCUT2D eigenvalue weighted by Crippen LogP contribution is 2.31. The first-order valence-corrected chi connectivity index (χ1v) is 11.6. The molecule has 0 aliphatic heterocycles. The molecule has 0 fully saturated rings. The molecule has 4 rings (SSSR count). The zero-order valence-corrected chi connectivity index (χ0v) is 20.5. The number of para-hydroxylation sites is 1. The van der Waals surface area contributed by atoms with Gasteiger partial charge < -0.3 is 14.8 Å². The number of carbonyl (C=O) groups excluding carboxylic acids is 2. The molecule has 1 atom stereocenters. The second-order valence-corrected chi connectivity index (χ2v) is 8.30. The van der Waals surface area contributed by atoms with Gasteiger partial charge in [0.2, 0.25) is 11.8 Å². The van der Waals surface area contributed by atoms with Gasteiger partial charge in [0.1, 0.15) is 23.9 Å². The largest absolute Gasteiger partial charge is 0.497 e. The first-order valence-electron chi connectivity index (χ1n) is 11.6. The summed E-state index contributed by atoms with van der Waals surface area (Å²) in [4.78, 5) is 29.1. The van der Waals surface area contributed by atoms with E-state index >= 15 is 0 Å². The third kappa shape index (κ3) is 5.52. The summed E-state index contributed by atoms with van der Waals surface area (Å²) in [5.41, 5.74) is 3.59. The van der Waals surface area contributed by atoms with Crippen molar-refractivity contribution >= 4 is 28.5 Å². The van der Waals surface area contributed by atoms with E-state index < -0.39 is 6.04 Å². The minimum absolute atomic E-state index is 0.0969. The van der Waals surface area contributed by atoms with E-state index in [9.17, 15) is 9.59 Å². The number of nitrogens with zero attached hydrogens (tertiary/aromatic N) is 4. The summed E-state index contributed by atoms with van der Waals surface area (Å²) >= 11 is 0. The smallest absolute Gasteiger partial charge is 0.249 e. The van der Waals surface area contributed by atoms with Gasteiger partial charge in [-0.2, -0.15) is 0 Å². The van der Waals surface area contributed by atoms with Crippen molar-refractivity contribution < 1.29 is 19.1 Å². The van der Waals surface area contributed by atoms with Crippen LogP contribution in [0.15, 0.2) is 72.8 Å². The van der Waals surface area contributed by atoms with Gasteiger partial charge in [-0.1, -0.05) is 41.6 Å². The second-order valence-electron chi connectivity index (χ2n) is 8.30. The maximum absolute atomic E-state index is 14.0. The molecule has 0 aliphatic rings. The normalized spacial score (nSPS) is 11.8. The summed E-state index contributed by atoms with van der Waals surface area (Å²) in [5, 5.41) is 11.2. The molecule has 3 aromatic carbocycles. The molecule has 0 aliphatic carbocycles. The van der Waals surface area contributed by atoms with Gasteiger partial charge >= 0.3 is 0 Å². The van der Waals surface area contributed by atoms with E-state index in [-0.39, 0.29) is 18.4 Å². The summed E-state index contributed by atoms with van der Waals surface area (Å²) in [6.45, 7) is 2.50. The van der Waals surface area contributed by atoms with Gasteiger partial charge in [0.25, 0.3) is 0 Å². The van der Waals surface area contributed by atoms with Crippen LogP contribution in [0.1, 0.15) is 17.2 Å². The number of methoxy groups -OCH3 is 2. The number of anilines is 1. The van der Waals surface area contributed by atoms with Crippen LogP contribution >= 0.6 is 0 Å². The van der Waals surface area contributed by atoms with E-state index in [4.69, 9.17) is 9.47 Å². The number of fused-ring (bicyclic) bond motifs is 1. The van der Waals surface area contributed by atoms with Gasteiger partial charge in [-0.25, -0.2) is 4.68 Å². The van der Waals surface area contributed by atoms with Gasteiger partial charge in [0.05, 0.1) is 19.2 Å². The summed E-state index contributed by atoms with van der Waals surface area (Å²) in [5.74, 6) is -0.0642. The predicted molar refractivity (Wildman–Crippen MR) is 137 cm³/mol. The molecule has 0 unspecified atom stereocenters. The molecule has 0 spiro atoms. The van der Waals surface area contributed by atoms with Gasteiger partial charge in [-0.3, -0.25) is 14.5 Å². The van der Waals surface area contributed by atoms with Crippen molar-refractivity contribution in [2.24, 2.45) is 0 Å². The quantitative estimate of drug-likeness (QED) is 0.345. The van der Waals surface area contributed by atoms with E-state index in [2.05, 4.69) is 15.6 Å². The first kappa shape index (κ1) is 24.9. The van der Waals surface area contributed by atoms with Crippen LogP contribution in [0.4, 0.5) is 5.69 Å². The van der Waals surface area contributed by atoms with Crippen molar-refractivity contribution in [1.82, 2.24) is 20.3 Å². The van der Waals surface area contributed by atoms with Crippen LogP contribution in [-0.2, 0) is 20.9 Å². The highest BCUT2D eigenvalue weighted by Gasteiger charge is 2.33. The van der Waals surface area contributed by atoms with Gasteiger partial charge in [0.15, 0.2) is 0 Å². The van der Waals surface area contributed by atoms with Crippen LogP contribution < -0.4 is 15.0 Å². The topological polar surface area (TPSA) is 98.6 Å². The molecule has 1 aromatic heterocycles. The predicted octanol–water partition coefficient (Wildman–Crippen LogP) is 3.29. The number of aryl methyl sites for hydroxylation is 1. The van der Waals surface area contributed by atoms with E-state index in [0.29, 0.717) is 35.7 Å². The molecule has 0 bridgehead atoms. The zero-order chi connectivity index (χ0) is 25.5. The number of ether oxygens (including phenoxy) is 2. The molecule has 0 radical (unpaired) electrons. The van der Waals surface area contributed by atoms with Gasteiger partial charge in [0, 0.05) is 19.3 Å². The standard InChI is InChI=1S/C27H29N5O4/c1-19-8-6-10-21(16-19)32(25(33)18-31-24-13-5-4-12-23(24)29-30-31)26(27(34)28-14-15-35-2)20-9-7-11-22(17-20)36-3/h4-13,16-17,26H,14-15,18H2,1-3H3,(H,28,34)/t26-/m1/s1. The van der Waals surface area contributed by atoms with Crippen molar-refractivity contribution in [3.05, 3.63) is 83.9 Å². The van der Waals surface area contributed by atoms with Crippen LogP contribution in [0.5, 0.6) is 5.75 Å². The molecule has 0 saturated heterocycles. The Morgan fingerprint density at radius 1 is 1.03 bits per heavy atom. The maximum Gasteiger partial charge on any atom is 0.249 e. The molecule has 9 heteroatoms. The molecule has 1 N–H and O–H groups in total. The first-order chi connectivity index (χ1) is 17.5. The molecular weight excluding hydrogens is 458 g/mol. The number of benzene rings is 3. The van der Waals surface area contributed by atoms with E-state index in [1.807, 2.05) is 61.5 Å². The summed E-state index contributed by atoms with van der Waals surface area (Å²) in [6.07, 6.45) is 0. The molecular formula is C27H29N5O4. The van der Waals surface area contributed by atoms with E-state index in [1.165, 1.54) is 4.90 Å². The monoisotopic (exact) mass is 487 g/mol. The average molecular weight is 488 g/mol. The number of amides is 2. The van der Waals surface area contributed by atoms with Crippen LogP contribution in [-0.4, -0.2) is 54.2 Å². The Labute approximate surface area is 209 Å². The van der Waals surface area contributed by atoms with E-state index in [1.54, 1.807) is 37.1 Å². The minimum atomic E-state index is -0.957. The lowest BCUT2D eigenvalue weighted by Gasteiger charge is -2.32. The Morgan fingerprint density at radius 2 is 1.83 bits per heavy atom. The Balaban J connectivity index is 1.79.